The van der Waals surface area contributed by atoms with Crippen molar-refractivity contribution in [3.8, 4) is 0 Å². The highest BCUT2D eigenvalue weighted by atomic mass is 16.4. The quantitative estimate of drug-likeness (QED) is 0.796. The lowest BCUT2D eigenvalue weighted by Gasteiger charge is -2.35. The number of carbonyl (C=O) groups excluding carboxylic acids is 1. The van der Waals surface area contributed by atoms with Crippen LogP contribution in [0.5, 0.6) is 0 Å². The van der Waals surface area contributed by atoms with E-state index in [1.165, 1.54) is 0 Å². The number of urea groups is 1. The van der Waals surface area contributed by atoms with E-state index >= 15 is 0 Å². The number of hydrogen-bond donors (Lipinski definition) is 2. The van der Waals surface area contributed by atoms with Crippen LogP contribution in [0.2, 0.25) is 0 Å². The molecule has 1 fully saturated rings. The second-order valence-electron chi connectivity index (χ2n) is 6.13. The largest absolute Gasteiger partial charge is 0.480 e. The summed E-state index contributed by atoms with van der Waals surface area (Å²) in [6, 6.07) is -0.280. The molecule has 0 saturated carbocycles. The first-order valence-electron chi connectivity index (χ1n) is 7.26. The van der Waals surface area contributed by atoms with Crippen molar-refractivity contribution in [1.29, 1.82) is 0 Å². The number of aliphatic carboxylic acids is 1. The second kappa shape index (κ2) is 7.47. The molecule has 0 radical (unpaired) electrons. The van der Waals surface area contributed by atoms with Gasteiger partial charge in [0.1, 0.15) is 6.04 Å². The molecule has 1 rings (SSSR count). The van der Waals surface area contributed by atoms with E-state index in [-0.39, 0.29) is 12.1 Å². The number of amides is 2. The van der Waals surface area contributed by atoms with Gasteiger partial charge in [0.25, 0.3) is 0 Å². The third-order valence-corrected chi connectivity index (χ3v) is 3.59. The van der Waals surface area contributed by atoms with E-state index in [4.69, 9.17) is 0 Å². The smallest absolute Gasteiger partial charge is 0.320 e. The van der Waals surface area contributed by atoms with Crippen LogP contribution in [-0.2, 0) is 4.79 Å². The number of nitrogens with zero attached hydrogens (tertiary/aromatic N) is 2. The minimum absolute atomic E-state index is 0.0282. The first-order chi connectivity index (χ1) is 9.31. The molecule has 0 bridgehead atoms. The Morgan fingerprint density at radius 2 is 1.85 bits per heavy atom. The summed E-state index contributed by atoms with van der Waals surface area (Å²) in [7, 11) is 3.49. The predicted molar refractivity (Wildman–Crippen MR) is 77.7 cm³/mol. The van der Waals surface area contributed by atoms with Crippen LogP contribution in [-0.4, -0.2) is 66.2 Å². The summed E-state index contributed by atoms with van der Waals surface area (Å²) < 4.78 is 0. The van der Waals surface area contributed by atoms with Crippen LogP contribution in [0.15, 0.2) is 0 Å². The molecule has 20 heavy (non-hydrogen) atoms. The maximum atomic E-state index is 11.8. The Bertz CT molecular complexity index is 337. The van der Waals surface area contributed by atoms with Crippen LogP contribution < -0.4 is 5.32 Å². The van der Waals surface area contributed by atoms with Crippen LogP contribution in [0.4, 0.5) is 4.79 Å². The Labute approximate surface area is 121 Å². The first kappa shape index (κ1) is 16.8. The molecule has 0 aromatic rings. The number of carboxylic acids is 1. The summed E-state index contributed by atoms with van der Waals surface area (Å²) in [5.74, 6) is -0.440. The lowest BCUT2D eigenvalue weighted by atomic mass is 9.99. The molecule has 1 heterocycles. The number of likely N-dealkylation sites (tertiary alicyclic amines) is 1. The normalized spacial score (nSPS) is 18.1. The lowest BCUT2D eigenvalue weighted by molar-refractivity contribution is -0.140. The van der Waals surface area contributed by atoms with E-state index in [1.807, 2.05) is 18.7 Å². The van der Waals surface area contributed by atoms with Crippen molar-refractivity contribution in [2.24, 2.45) is 5.92 Å². The molecule has 0 spiro atoms. The molecule has 2 N–H and O–H groups in total. The summed E-state index contributed by atoms with van der Waals surface area (Å²) in [6.07, 6.45) is 2.25. The van der Waals surface area contributed by atoms with Gasteiger partial charge in [0.05, 0.1) is 0 Å². The molecule has 1 aliphatic rings. The summed E-state index contributed by atoms with van der Waals surface area (Å²) >= 11 is 0. The third-order valence-electron chi connectivity index (χ3n) is 3.59. The second-order valence-corrected chi connectivity index (χ2v) is 6.13. The number of carboxylic acid groups (broad SMARTS) is 1. The molecule has 0 aromatic carbocycles. The minimum Gasteiger partial charge on any atom is -0.480 e. The highest BCUT2D eigenvalue weighted by Crippen LogP contribution is 2.14. The van der Waals surface area contributed by atoms with Crippen LogP contribution >= 0.6 is 0 Å². The van der Waals surface area contributed by atoms with Crippen molar-refractivity contribution < 1.29 is 14.7 Å². The van der Waals surface area contributed by atoms with Gasteiger partial charge in [-0.15, -0.1) is 0 Å². The molecule has 1 saturated heterocycles. The van der Waals surface area contributed by atoms with Gasteiger partial charge in [-0.25, -0.2) is 4.79 Å². The summed E-state index contributed by atoms with van der Waals surface area (Å²) in [5.41, 5.74) is 0. The van der Waals surface area contributed by atoms with Gasteiger partial charge in [0.2, 0.25) is 0 Å². The maximum absolute atomic E-state index is 11.8. The molecule has 6 heteroatoms. The Hall–Kier alpha value is -1.30. The molecule has 1 atom stereocenters. The van der Waals surface area contributed by atoms with E-state index in [0.717, 1.165) is 12.8 Å². The Morgan fingerprint density at radius 3 is 2.25 bits per heavy atom. The van der Waals surface area contributed by atoms with E-state index in [0.29, 0.717) is 25.4 Å². The molecule has 6 nitrogen and oxygen atoms in total. The fraction of sp³-hybridized carbons (Fsp3) is 0.857. The van der Waals surface area contributed by atoms with E-state index in [1.54, 1.807) is 19.0 Å². The number of carbonyl (C=O) groups is 2. The molecular formula is C14H27N3O3. The Balaban J connectivity index is 2.44. The molecule has 0 aromatic heterocycles. The third kappa shape index (κ3) is 5.00. The summed E-state index contributed by atoms with van der Waals surface area (Å²) in [6.45, 7) is 5.41. The van der Waals surface area contributed by atoms with Gasteiger partial charge in [-0.3, -0.25) is 4.79 Å². The SMILES string of the molecule is CC(C)CC(NC1CCN(C(=O)N(C)C)CC1)C(=O)O. The van der Waals surface area contributed by atoms with E-state index in [9.17, 15) is 14.7 Å². The van der Waals surface area contributed by atoms with E-state index in [2.05, 4.69) is 5.32 Å². The fourth-order valence-electron chi connectivity index (χ4n) is 2.52. The molecular weight excluding hydrogens is 258 g/mol. The molecule has 0 aliphatic carbocycles. The average molecular weight is 285 g/mol. The Morgan fingerprint density at radius 1 is 1.30 bits per heavy atom. The molecule has 1 aliphatic heterocycles. The van der Waals surface area contributed by atoms with Crippen molar-refractivity contribution >= 4 is 12.0 Å². The van der Waals surface area contributed by atoms with Crippen LogP contribution in [0.3, 0.4) is 0 Å². The van der Waals surface area contributed by atoms with E-state index < -0.39 is 12.0 Å². The standard InChI is InChI=1S/C14H27N3O3/c1-10(2)9-12(13(18)19)15-11-5-7-17(8-6-11)14(20)16(3)4/h10-12,15H,5-9H2,1-4H3,(H,18,19). The van der Waals surface area contributed by atoms with Gasteiger partial charge in [-0.05, 0) is 25.2 Å². The average Bonchev–Trinajstić information content (AvgIpc) is 2.37. The highest BCUT2D eigenvalue weighted by Gasteiger charge is 2.27. The highest BCUT2D eigenvalue weighted by molar-refractivity contribution is 5.74. The number of nitrogens with one attached hydrogen (secondary N) is 1. The first-order valence-corrected chi connectivity index (χ1v) is 7.26. The van der Waals surface area contributed by atoms with Crippen LogP contribution in [0, 0.1) is 5.92 Å². The zero-order valence-electron chi connectivity index (χ0n) is 12.9. The zero-order valence-corrected chi connectivity index (χ0v) is 12.9. The predicted octanol–water partition coefficient (Wildman–Crippen LogP) is 1.22. The molecule has 2 amide bonds. The topological polar surface area (TPSA) is 72.9 Å². The monoisotopic (exact) mass is 285 g/mol. The van der Waals surface area contributed by atoms with Crippen molar-refractivity contribution in [3.05, 3.63) is 0 Å². The maximum Gasteiger partial charge on any atom is 0.320 e. The summed E-state index contributed by atoms with van der Waals surface area (Å²) in [4.78, 5) is 26.4. The summed E-state index contributed by atoms with van der Waals surface area (Å²) in [5, 5.41) is 12.5. The molecule has 1 unspecified atom stereocenters. The number of piperidine rings is 1. The van der Waals surface area contributed by atoms with Crippen molar-refractivity contribution in [2.75, 3.05) is 27.2 Å². The Kier molecular flexibility index (Phi) is 6.26. The van der Waals surface area contributed by atoms with Crippen LogP contribution in [0.25, 0.3) is 0 Å². The fourth-order valence-corrected chi connectivity index (χ4v) is 2.52. The molecule has 116 valence electrons. The number of hydrogen-bond acceptors (Lipinski definition) is 3. The van der Waals surface area contributed by atoms with Crippen molar-refractivity contribution in [2.45, 2.75) is 45.2 Å². The van der Waals surface area contributed by atoms with Crippen LogP contribution in [0.1, 0.15) is 33.1 Å². The van der Waals surface area contributed by atoms with Crippen molar-refractivity contribution in [1.82, 2.24) is 15.1 Å². The number of rotatable bonds is 5. The van der Waals surface area contributed by atoms with Crippen molar-refractivity contribution in [3.63, 3.8) is 0 Å². The van der Waals surface area contributed by atoms with Gasteiger partial charge in [-0.1, -0.05) is 13.8 Å². The van der Waals surface area contributed by atoms with Gasteiger partial charge in [-0.2, -0.15) is 0 Å². The van der Waals surface area contributed by atoms with Gasteiger partial charge in [0, 0.05) is 33.2 Å². The zero-order chi connectivity index (χ0) is 15.3. The lowest BCUT2D eigenvalue weighted by Crippen LogP contribution is -2.51. The minimum atomic E-state index is -0.787. The van der Waals surface area contributed by atoms with Gasteiger partial charge in [0.15, 0.2) is 0 Å². The van der Waals surface area contributed by atoms with Gasteiger partial charge >= 0.3 is 12.0 Å². The van der Waals surface area contributed by atoms with Gasteiger partial charge < -0.3 is 20.2 Å².